The van der Waals surface area contributed by atoms with Crippen LogP contribution in [0.15, 0.2) is 88.3 Å². The molecule has 0 unspecified atom stereocenters. The Morgan fingerprint density at radius 1 is 0.567 bits per heavy atom. The molecule has 2 aliphatic carbocycles. The van der Waals surface area contributed by atoms with Gasteiger partial charge in [-0.3, -0.25) is 0 Å². The number of thiophene rings is 2. The number of nitrogens with one attached hydrogen (secondary N) is 1. The molecule has 0 saturated carbocycles. The van der Waals surface area contributed by atoms with E-state index < -0.39 is 0 Å². The average Bonchev–Trinajstić information content (AvgIpc) is 3.51. The molecule has 30 heavy (non-hydrogen) atoms. The Labute approximate surface area is 184 Å². The molecule has 1 N–H and O–H groups in total. The van der Waals surface area contributed by atoms with Gasteiger partial charge in [0.2, 0.25) is 11.4 Å². The van der Waals surface area contributed by atoms with Gasteiger partial charge in [-0.15, -0.1) is 0 Å². The number of pyridine rings is 1. The van der Waals surface area contributed by atoms with E-state index in [4.69, 9.17) is 0 Å². The van der Waals surface area contributed by atoms with E-state index in [1.54, 1.807) is 22.7 Å². The number of hydrogen-bond donors (Lipinski definition) is 0. The first-order valence-electron chi connectivity index (χ1n) is 9.81. The highest BCUT2D eigenvalue weighted by molar-refractivity contribution is 7.08. The van der Waals surface area contributed by atoms with Crippen LogP contribution in [0.2, 0.25) is 0 Å². The van der Waals surface area contributed by atoms with Crippen LogP contribution in [0, 0.1) is 0 Å². The Balaban J connectivity index is 1.59. The van der Waals surface area contributed by atoms with Crippen LogP contribution in [0.4, 0.5) is 0 Å². The van der Waals surface area contributed by atoms with Crippen LogP contribution in [-0.2, 0) is 0 Å². The quantitative estimate of drug-likeness (QED) is 0.275. The molecule has 0 amide bonds. The van der Waals surface area contributed by atoms with Gasteiger partial charge in [0.15, 0.2) is 0 Å². The fraction of sp³-hybridized carbons (Fsp3) is 0. The monoisotopic (exact) mass is 422 g/mol. The van der Waals surface area contributed by atoms with Crippen molar-refractivity contribution in [2.75, 3.05) is 0 Å². The van der Waals surface area contributed by atoms with E-state index in [0.29, 0.717) is 0 Å². The summed E-state index contributed by atoms with van der Waals surface area (Å²) in [6.07, 6.45) is 8.61. The second kappa shape index (κ2) is 8.62. The third-order valence-corrected chi connectivity index (χ3v) is 6.41. The summed E-state index contributed by atoms with van der Waals surface area (Å²) in [5.74, 6) is 0. The van der Waals surface area contributed by atoms with Gasteiger partial charge in [-0.2, -0.15) is 22.7 Å². The van der Waals surface area contributed by atoms with Crippen LogP contribution in [-0.4, -0.2) is 0 Å². The lowest BCUT2D eigenvalue weighted by Crippen LogP contribution is -2.11. The first kappa shape index (κ1) is 18.7. The lowest BCUT2D eigenvalue weighted by atomic mass is 10.0. The summed E-state index contributed by atoms with van der Waals surface area (Å²) in [7, 11) is 0. The molecule has 144 valence electrons. The Morgan fingerprint density at radius 3 is 1.83 bits per heavy atom. The lowest BCUT2D eigenvalue weighted by Gasteiger charge is -2.03. The molecule has 0 spiro atoms. The van der Waals surface area contributed by atoms with Crippen molar-refractivity contribution in [3.05, 3.63) is 111 Å². The highest BCUT2D eigenvalue weighted by Crippen LogP contribution is 2.35. The minimum atomic E-state index is 1.08. The van der Waals surface area contributed by atoms with E-state index in [9.17, 15) is 0 Å². The van der Waals surface area contributed by atoms with Crippen molar-refractivity contribution in [1.82, 2.24) is 0 Å². The second-order valence-electron chi connectivity index (χ2n) is 7.09. The van der Waals surface area contributed by atoms with Crippen molar-refractivity contribution < 1.29 is 4.98 Å². The highest BCUT2D eigenvalue weighted by atomic mass is 32.1. The standard InChI is InChI=1S/C27H19NS2/c1-2-4-22-8-11-27(26(22)5-3-1)23-16-24(9-6-20-12-14-29-18-20)28-25(17-23)10-7-21-13-15-30-19-21/h1-19H/p+1/b9-6+,10-7+. The van der Waals surface area contributed by atoms with Gasteiger partial charge in [-0.1, -0.05) is 42.5 Å². The van der Waals surface area contributed by atoms with Crippen molar-refractivity contribution >= 4 is 47.0 Å². The normalized spacial score (nSPS) is 11.7. The molecule has 1 nitrogen and oxygen atoms in total. The molecule has 3 heteroatoms. The van der Waals surface area contributed by atoms with Gasteiger partial charge in [-0.25, -0.2) is 4.98 Å². The topological polar surface area (TPSA) is 14.1 Å². The molecule has 0 fully saturated rings. The summed E-state index contributed by atoms with van der Waals surface area (Å²) in [6.45, 7) is 0. The van der Waals surface area contributed by atoms with Crippen LogP contribution < -0.4 is 4.98 Å². The largest absolute Gasteiger partial charge is 0.205 e. The summed E-state index contributed by atoms with van der Waals surface area (Å²) in [6, 6.07) is 23.8. The molecule has 2 aliphatic rings. The van der Waals surface area contributed by atoms with Crippen molar-refractivity contribution in [1.29, 1.82) is 0 Å². The number of aromatic nitrogens is 1. The highest BCUT2D eigenvalue weighted by Gasteiger charge is 2.13. The zero-order valence-electron chi connectivity index (χ0n) is 16.3. The summed E-state index contributed by atoms with van der Waals surface area (Å²) in [5, 5.41) is 8.51. The molecule has 0 bridgehead atoms. The molecule has 0 aliphatic heterocycles. The molecule has 3 aromatic heterocycles. The maximum Gasteiger partial charge on any atom is 0.204 e. The predicted octanol–water partition coefficient (Wildman–Crippen LogP) is 7.74. The molecule has 3 heterocycles. The van der Waals surface area contributed by atoms with Crippen LogP contribution in [0.5, 0.6) is 0 Å². The van der Waals surface area contributed by atoms with Gasteiger partial charge >= 0.3 is 0 Å². The number of aromatic amines is 1. The van der Waals surface area contributed by atoms with Gasteiger partial charge in [0.05, 0.1) is 0 Å². The van der Waals surface area contributed by atoms with Crippen LogP contribution in [0.3, 0.4) is 0 Å². The van der Waals surface area contributed by atoms with E-state index in [0.717, 1.165) is 11.4 Å². The van der Waals surface area contributed by atoms with Gasteiger partial charge in [-0.05, 0) is 79.2 Å². The fourth-order valence-corrected chi connectivity index (χ4v) is 4.79. The zero-order valence-corrected chi connectivity index (χ0v) is 17.9. The molecular weight excluding hydrogens is 402 g/mol. The SMILES string of the molecule is C(=C\c1cc(-c2ccc3cccccc2-3)cc(/C=C/c2ccsc2)[nH+]1)/c1ccsc1. The third-order valence-electron chi connectivity index (χ3n) is 5.01. The lowest BCUT2D eigenvalue weighted by molar-refractivity contribution is -0.383. The van der Waals surface area contributed by atoms with E-state index in [2.05, 4.69) is 118 Å². The number of hydrogen-bond acceptors (Lipinski definition) is 2. The summed E-state index contributed by atoms with van der Waals surface area (Å²) >= 11 is 3.43. The molecule has 3 aromatic rings. The predicted molar refractivity (Wildman–Crippen MR) is 132 cm³/mol. The summed E-state index contributed by atoms with van der Waals surface area (Å²) in [4.78, 5) is 3.56. The number of H-pyrrole nitrogens is 1. The minimum Gasteiger partial charge on any atom is -0.205 e. The first-order chi connectivity index (χ1) is 14.8. The van der Waals surface area contributed by atoms with Crippen LogP contribution in [0.1, 0.15) is 22.5 Å². The van der Waals surface area contributed by atoms with Crippen LogP contribution >= 0.6 is 22.7 Å². The maximum atomic E-state index is 3.56. The second-order valence-corrected chi connectivity index (χ2v) is 8.65. The zero-order chi connectivity index (χ0) is 20.2. The smallest absolute Gasteiger partial charge is 0.204 e. The molecular formula is C27H20NS2+. The fourth-order valence-electron chi connectivity index (χ4n) is 3.53. The Bertz CT molecular complexity index is 1220. The number of fused-ring (bicyclic) bond motifs is 1. The molecule has 0 saturated heterocycles. The average molecular weight is 423 g/mol. The maximum absolute atomic E-state index is 3.56. The summed E-state index contributed by atoms with van der Waals surface area (Å²) < 4.78 is 0. The van der Waals surface area contributed by atoms with Gasteiger partial charge in [0.25, 0.3) is 0 Å². The molecule has 0 radical (unpaired) electrons. The van der Waals surface area contributed by atoms with Crippen molar-refractivity contribution in [3.63, 3.8) is 0 Å². The van der Waals surface area contributed by atoms with Crippen molar-refractivity contribution in [3.8, 4) is 22.3 Å². The third kappa shape index (κ3) is 4.18. The molecule has 5 rings (SSSR count). The number of rotatable bonds is 5. The van der Waals surface area contributed by atoms with E-state index >= 15 is 0 Å². The first-order valence-corrected chi connectivity index (χ1v) is 11.7. The van der Waals surface area contributed by atoms with Gasteiger partial charge < -0.3 is 0 Å². The Morgan fingerprint density at radius 2 is 1.20 bits per heavy atom. The van der Waals surface area contributed by atoms with Crippen molar-refractivity contribution in [2.24, 2.45) is 0 Å². The minimum absolute atomic E-state index is 1.08. The molecule has 0 atom stereocenters. The molecule has 0 aromatic carbocycles. The van der Waals surface area contributed by atoms with E-state index in [1.165, 1.54) is 33.4 Å². The van der Waals surface area contributed by atoms with Gasteiger partial charge in [0.1, 0.15) is 0 Å². The van der Waals surface area contributed by atoms with E-state index in [1.807, 2.05) is 0 Å². The van der Waals surface area contributed by atoms with E-state index in [-0.39, 0.29) is 0 Å². The summed E-state index contributed by atoms with van der Waals surface area (Å²) in [5.41, 5.74) is 9.60. The van der Waals surface area contributed by atoms with Crippen molar-refractivity contribution in [2.45, 2.75) is 0 Å². The Hall–Kier alpha value is -3.27. The Kier molecular flexibility index (Phi) is 5.38. The van der Waals surface area contributed by atoms with Crippen LogP contribution in [0.25, 0.3) is 46.6 Å². The van der Waals surface area contributed by atoms with Gasteiger partial charge in [0, 0.05) is 24.3 Å².